The second-order valence-electron chi connectivity index (χ2n) is 17.2. The van der Waals surface area contributed by atoms with Crippen molar-refractivity contribution in [1.82, 2.24) is 20.9 Å². The first-order valence-corrected chi connectivity index (χ1v) is 17.7. The highest BCUT2D eigenvalue weighted by Crippen LogP contribution is 2.24. The lowest BCUT2D eigenvalue weighted by Crippen LogP contribution is -2.46. The third-order valence-electron chi connectivity index (χ3n) is 7.02. The lowest BCUT2D eigenvalue weighted by molar-refractivity contribution is -0.128. The van der Waals surface area contributed by atoms with Crippen LogP contribution in [-0.2, 0) is 19.1 Å². The van der Waals surface area contributed by atoms with Crippen LogP contribution in [0, 0.1) is 11.8 Å². The molecule has 1 aliphatic carbocycles. The van der Waals surface area contributed by atoms with Gasteiger partial charge in [-0.05, 0) is 141 Å². The van der Waals surface area contributed by atoms with Crippen molar-refractivity contribution in [2.75, 3.05) is 20.1 Å². The van der Waals surface area contributed by atoms with Crippen molar-refractivity contribution < 1.29 is 23.9 Å². The molecule has 2 fully saturated rings. The summed E-state index contributed by atoms with van der Waals surface area (Å²) in [6, 6.07) is 8.99. The van der Waals surface area contributed by atoms with Crippen LogP contribution in [0.15, 0.2) is 30.3 Å². The van der Waals surface area contributed by atoms with Crippen molar-refractivity contribution in [3.63, 3.8) is 0 Å². The number of amides is 3. The first kappa shape index (κ1) is 48.2. The Labute approximate surface area is 300 Å². The van der Waals surface area contributed by atoms with Crippen LogP contribution in [0.5, 0.6) is 0 Å². The van der Waals surface area contributed by atoms with Crippen molar-refractivity contribution in [1.29, 1.82) is 0 Å². The second kappa shape index (κ2) is 22.0. The molecule has 0 radical (unpaired) electrons. The van der Waals surface area contributed by atoms with E-state index in [0.717, 1.165) is 38.8 Å². The second-order valence-corrected chi connectivity index (χ2v) is 17.2. The van der Waals surface area contributed by atoms with Crippen LogP contribution in [-0.4, -0.2) is 70.9 Å². The molecule has 1 aliphatic heterocycles. The number of esters is 1. The average molecular weight is 691 g/mol. The predicted molar refractivity (Wildman–Crippen MR) is 204 cm³/mol. The van der Waals surface area contributed by atoms with Crippen molar-refractivity contribution in [2.45, 2.75) is 165 Å². The average Bonchev–Trinajstić information content (AvgIpc) is 2.91. The number of carbonyl (C=O) groups excluding carboxylic acids is 4. The van der Waals surface area contributed by atoms with Gasteiger partial charge >= 0.3 is 5.97 Å². The van der Waals surface area contributed by atoms with Gasteiger partial charge in [0, 0.05) is 35.4 Å². The van der Waals surface area contributed by atoms with E-state index < -0.39 is 5.60 Å². The zero-order valence-electron chi connectivity index (χ0n) is 32.9. The highest BCUT2D eigenvalue weighted by atomic mass is 16.6. The molecule has 3 amide bonds. The topological polar surface area (TPSA) is 117 Å². The Morgan fingerprint density at radius 2 is 1.02 bits per heavy atom. The number of rotatable bonds is 3. The summed E-state index contributed by atoms with van der Waals surface area (Å²) < 4.78 is 5.18. The molecule has 3 N–H and O–H groups in total. The van der Waals surface area contributed by atoms with Crippen LogP contribution in [0.3, 0.4) is 0 Å². The molecule has 0 spiro atoms. The van der Waals surface area contributed by atoms with Crippen LogP contribution in [0.1, 0.15) is 153 Å². The fraction of sp³-hybridized carbons (Fsp3) is 0.750. The van der Waals surface area contributed by atoms with E-state index in [1.165, 1.54) is 26.2 Å². The molecule has 1 saturated heterocycles. The van der Waals surface area contributed by atoms with Crippen molar-refractivity contribution in [3.8, 4) is 0 Å². The highest BCUT2D eigenvalue weighted by Gasteiger charge is 2.26. The van der Waals surface area contributed by atoms with E-state index in [1.54, 1.807) is 12.1 Å². The van der Waals surface area contributed by atoms with Gasteiger partial charge in [0.25, 0.3) is 0 Å². The molecule has 3 rings (SSSR count). The fourth-order valence-corrected chi connectivity index (χ4v) is 5.02. The molecule has 0 bridgehead atoms. The number of ether oxygens (including phenoxy) is 1. The number of nitrogens with zero attached hydrogens (tertiary/aromatic N) is 1. The first-order valence-electron chi connectivity index (χ1n) is 17.7. The molecule has 284 valence electrons. The van der Waals surface area contributed by atoms with E-state index in [1.807, 2.05) is 101 Å². The highest BCUT2D eigenvalue weighted by molar-refractivity contribution is 5.89. The molecule has 9 nitrogen and oxygen atoms in total. The molecule has 1 aromatic carbocycles. The molecule has 0 unspecified atom stereocenters. The van der Waals surface area contributed by atoms with Crippen LogP contribution in [0.2, 0.25) is 0 Å². The van der Waals surface area contributed by atoms with E-state index >= 15 is 0 Å². The van der Waals surface area contributed by atoms with Gasteiger partial charge in [-0.15, -0.1) is 0 Å². The van der Waals surface area contributed by atoms with Crippen molar-refractivity contribution in [2.24, 2.45) is 11.8 Å². The zero-order chi connectivity index (χ0) is 37.3. The maximum Gasteiger partial charge on any atom is 0.338 e. The Morgan fingerprint density at radius 1 is 0.633 bits per heavy atom. The number of hydrogen-bond donors (Lipinski definition) is 3. The molecule has 1 aromatic rings. The number of nitrogens with one attached hydrogen (secondary N) is 3. The third kappa shape index (κ3) is 27.6. The smallest absolute Gasteiger partial charge is 0.338 e. The number of likely N-dealkylation sites (tertiary alicyclic amines) is 1. The molecule has 1 heterocycles. The van der Waals surface area contributed by atoms with E-state index in [-0.39, 0.29) is 59.6 Å². The standard InChI is InChI=1S/C11H22N2O.C11H21NO.C11H14O2.C6H13NO.CH4/c1-11(2,3)12-10(14)9-5-7-13(4)8-6-9;1-11(2,3)12-10(13)9-7-5-4-6-8-9;1-11(2,3)13-10(12)9-7-5-4-6-8-9;1-5(8)7-6(2,3)4;/h9H,5-8H2,1-4H3,(H,12,14);9H,4-8H2,1-3H3,(H,12,13);4-8H,1-3H3;1-4H3,(H,7,8);1H4. The van der Waals surface area contributed by atoms with Gasteiger partial charge in [0.15, 0.2) is 0 Å². The summed E-state index contributed by atoms with van der Waals surface area (Å²) in [7, 11) is 2.11. The minimum Gasteiger partial charge on any atom is -0.456 e. The van der Waals surface area contributed by atoms with Crippen LogP contribution < -0.4 is 16.0 Å². The van der Waals surface area contributed by atoms with Gasteiger partial charge in [-0.25, -0.2) is 4.79 Å². The molecule has 1 saturated carbocycles. The SMILES string of the molecule is C.CC(=O)NC(C)(C)C.CC(C)(C)NC(=O)C1CCCCC1.CC(C)(C)OC(=O)c1ccccc1.CN1CCC(C(=O)NC(C)(C)C)CC1. The maximum atomic E-state index is 11.8. The lowest BCUT2D eigenvalue weighted by Gasteiger charge is -2.30. The number of benzene rings is 1. The summed E-state index contributed by atoms with van der Waals surface area (Å²) in [6.45, 7) is 27.2. The minimum absolute atomic E-state index is 0. The Bertz CT molecular complexity index is 1090. The van der Waals surface area contributed by atoms with Crippen molar-refractivity contribution >= 4 is 23.7 Å². The Hall–Kier alpha value is -2.94. The van der Waals surface area contributed by atoms with E-state index in [4.69, 9.17) is 4.74 Å². The van der Waals surface area contributed by atoms with Gasteiger partial charge in [-0.1, -0.05) is 44.9 Å². The normalized spacial score (nSPS) is 16.0. The molecule has 9 heteroatoms. The lowest BCUT2D eigenvalue weighted by atomic mass is 9.88. The summed E-state index contributed by atoms with van der Waals surface area (Å²) in [5.74, 6) is 0.752. The summed E-state index contributed by atoms with van der Waals surface area (Å²) >= 11 is 0. The first-order chi connectivity index (χ1) is 21.8. The van der Waals surface area contributed by atoms with Gasteiger partial charge in [0.05, 0.1) is 5.56 Å². The van der Waals surface area contributed by atoms with Gasteiger partial charge in [0.2, 0.25) is 17.7 Å². The van der Waals surface area contributed by atoms with Gasteiger partial charge in [0.1, 0.15) is 5.60 Å². The summed E-state index contributed by atoms with van der Waals surface area (Å²) in [5.41, 5.74) is -0.0781. The predicted octanol–water partition coefficient (Wildman–Crippen LogP) is 7.92. The number of carbonyl (C=O) groups is 4. The Balaban J connectivity index is 0. The number of hydrogen-bond acceptors (Lipinski definition) is 6. The Morgan fingerprint density at radius 3 is 1.35 bits per heavy atom. The van der Waals surface area contributed by atoms with Gasteiger partial charge in [-0.3, -0.25) is 14.4 Å². The molecule has 0 aromatic heterocycles. The summed E-state index contributed by atoms with van der Waals surface area (Å²) in [6.07, 6.45) is 7.92. The molecule has 2 aliphatic rings. The summed E-state index contributed by atoms with van der Waals surface area (Å²) in [5, 5.41) is 8.84. The minimum atomic E-state index is -0.424. The van der Waals surface area contributed by atoms with Crippen LogP contribution >= 0.6 is 0 Å². The van der Waals surface area contributed by atoms with E-state index in [9.17, 15) is 19.2 Å². The van der Waals surface area contributed by atoms with Gasteiger partial charge in [-0.2, -0.15) is 0 Å². The van der Waals surface area contributed by atoms with Crippen LogP contribution in [0.25, 0.3) is 0 Å². The third-order valence-corrected chi connectivity index (χ3v) is 7.02. The number of piperidine rings is 1. The fourth-order valence-electron chi connectivity index (χ4n) is 5.02. The Kier molecular flexibility index (Phi) is 21.6. The zero-order valence-corrected chi connectivity index (χ0v) is 32.9. The largest absolute Gasteiger partial charge is 0.456 e. The van der Waals surface area contributed by atoms with E-state index in [0.29, 0.717) is 5.56 Å². The molecule has 49 heavy (non-hydrogen) atoms. The monoisotopic (exact) mass is 691 g/mol. The summed E-state index contributed by atoms with van der Waals surface area (Å²) in [4.78, 5) is 47.6. The van der Waals surface area contributed by atoms with Gasteiger partial charge < -0.3 is 25.6 Å². The quantitative estimate of drug-likeness (QED) is 0.278. The van der Waals surface area contributed by atoms with E-state index in [2.05, 4.69) is 27.9 Å². The van der Waals surface area contributed by atoms with Crippen LogP contribution in [0.4, 0.5) is 0 Å². The van der Waals surface area contributed by atoms with Crippen molar-refractivity contribution in [3.05, 3.63) is 35.9 Å². The molecular formula is C40H74N4O5. The molecular weight excluding hydrogens is 616 g/mol. The molecule has 0 atom stereocenters. The maximum absolute atomic E-state index is 11.8.